The molecule has 0 saturated carbocycles. The maximum absolute atomic E-state index is 12.5. The zero-order chi connectivity index (χ0) is 15.6. The van der Waals surface area contributed by atoms with Gasteiger partial charge in [-0.15, -0.1) is 0 Å². The maximum Gasteiger partial charge on any atom is 0.417 e. The fraction of sp³-hybridized carbons (Fsp3) is 0.364. The number of hydrogen-bond donors (Lipinski definition) is 1. The topological polar surface area (TPSA) is 35.8 Å². The number of halogens is 7. The van der Waals surface area contributed by atoms with Crippen molar-refractivity contribution in [1.82, 2.24) is 0 Å². The summed E-state index contributed by atoms with van der Waals surface area (Å²) in [6, 6.07) is 3.64. The second-order valence-corrected chi connectivity index (χ2v) is 4.20. The average Bonchev–Trinajstić information content (AvgIpc) is 2.28. The molecule has 1 aromatic rings. The van der Waals surface area contributed by atoms with E-state index in [0.717, 1.165) is 18.2 Å². The summed E-state index contributed by atoms with van der Waals surface area (Å²) in [6.07, 6.45) is -9.46. The predicted molar refractivity (Wildman–Crippen MR) is 60.1 cm³/mol. The molecule has 0 spiro atoms. The van der Waals surface area contributed by atoms with E-state index in [4.69, 9.17) is 16.9 Å². The van der Waals surface area contributed by atoms with Crippen LogP contribution in [0.1, 0.15) is 5.56 Å². The Bertz CT molecular complexity index is 517. The van der Waals surface area contributed by atoms with Gasteiger partial charge in [0, 0.05) is 12.2 Å². The Morgan fingerprint density at radius 2 is 1.80 bits per heavy atom. The first kappa shape index (κ1) is 16.4. The third-order valence-corrected chi connectivity index (χ3v) is 2.66. The van der Waals surface area contributed by atoms with E-state index in [2.05, 4.69) is 5.32 Å². The van der Waals surface area contributed by atoms with Gasteiger partial charge in [-0.1, -0.05) is 11.6 Å². The van der Waals surface area contributed by atoms with Crippen LogP contribution in [0.4, 0.5) is 32.0 Å². The summed E-state index contributed by atoms with van der Waals surface area (Å²) < 4.78 is 74.5. The Morgan fingerprint density at radius 1 is 1.20 bits per heavy atom. The molecular weight excluding hydrogens is 310 g/mol. The lowest BCUT2D eigenvalue weighted by Crippen LogP contribution is -2.28. The number of anilines is 1. The van der Waals surface area contributed by atoms with Crippen LogP contribution in [0.2, 0.25) is 5.02 Å². The van der Waals surface area contributed by atoms with Gasteiger partial charge in [-0.3, -0.25) is 0 Å². The van der Waals surface area contributed by atoms with Gasteiger partial charge in [0.2, 0.25) is 0 Å². The molecule has 1 atom stereocenters. The smallest absolute Gasteiger partial charge is 0.383 e. The zero-order valence-electron chi connectivity index (χ0n) is 9.61. The van der Waals surface area contributed by atoms with Crippen LogP contribution in [0, 0.1) is 17.2 Å². The third kappa shape index (κ3) is 4.20. The van der Waals surface area contributed by atoms with Gasteiger partial charge >= 0.3 is 12.4 Å². The molecule has 1 rings (SSSR count). The van der Waals surface area contributed by atoms with Crippen LogP contribution in [0.3, 0.4) is 0 Å². The van der Waals surface area contributed by atoms with Crippen molar-refractivity contribution in [3.05, 3.63) is 28.8 Å². The Morgan fingerprint density at radius 3 is 2.25 bits per heavy atom. The van der Waals surface area contributed by atoms with Crippen LogP contribution >= 0.6 is 11.6 Å². The number of hydrogen-bond acceptors (Lipinski definition) is 2. The molecule has 0 aromatic heterocycles. The Balaban J connectivity index is 2.88. The molecule has 0 aliphatic rings. The molecule has 0 aliphatic heterocycles. The van der Waals surface area contributed by atoms with Crippen molar-refractivity contribution in [1.29, 1.82) is 5.26 Å². The van der Waals surface area contributed by atoms with E-state index in [-0.39, 0.29) is 5.69 Å². The fourth-order valence-electron chi connectivity index (χ4n) is 1.31. The first-order valence-electron chi connectivity index (χ1n) is 5.12. The van der Waals surface area contributed by atoms with Crippen LogP contribution in [0.5, 0.6) is 0 Å². The van der Waals surface area contributed by atoms with Gasteiger partial charge in [0.05, 0.1) is 16.7 Å². The van der Waals surface area contributed by atoms with E-state index >= 15 is 0 Å². The lowest BCUT2D eigenvalue weighted by atomic mass is 10.1. The van der Waals surface area contributed by atoms with Crippen molar-refractivity contribution < 1.29 is 26.3 Å². The van der Waals surface area contributed by atoms with E-state index in [0.29, 0.717) is 6.07 Å². The molecule has 110 valence electrons. The van der Waals surface area contributed by atoms with E-state index in [1.807, 2.05) is 0 Å². The maximum atomic E-state index is 12.5. The number of rotatable bonds is 3. The molecule has 1 unspecified atom stereocenters. The Kier molecular flexibility index (Phi) is 4.76. The molecule has 0 heterocycles. The molecule has 0 fully saturated rings. The third-order valence-electron chi connectivity index (χ3n) is 2.33. The van der Waals surface area contributed by atoms with Crippen molar-refractivity contribution in [2.24, 2.45) is 5.92 Å². The summed E-state index contributed by atoms with van der Waals surface area (Å²) in [5, 5.41) is 9.94. The van der Waals surface area contributed by atoms with Crippen LogP contribution in [-0.2, 0) is 6.18 Å². The number of nitrogens with one attached hydrogen (secondary N) is 1. The lowest BCUT2D eigenvalue weighted by molar-refractivity contribution is -0.155. The highest BCUT2D eigenvalue weighted by Gasteiger charge is 2.40. The van der Waals surface area contributed by atoms with E-state index in [1.54, 1.807) is 0 Å². The second-order valence-electron chi connectivity index (χ2n) is 3.80. The Labute approximate surface area is 114 Å². The molecule has 0 radical (unpaired) electrons. The quantitative estimate of drug-likeness (QED) is 0.835. The lowest BCUT2D eigenvalue weighted by Gasteiger charge is -2.16. The highest BCUT2D eigenvalue weighted by molar-refractivity contribution is 6.31. The standard InChI is InChI=1S/C11H7ClF6N2/c12-9-2-1-7(3-8(9)11(16,17)18)20-5-6(4-19)10(13,14)15/h1-3,6,20H,5H2. The van der Waals surface area contributed by atoms with Crippen molar-refractivity contribution in [2.75, 3.05) is 11.9 Å². The highest BCUT2D eigenvalue weighted by atomic mass is 35.5. The molecule has 2 nitrogen and oxygen atoms in total. The molecule has 0 amide bonds. The summed E-state index contributed by atoms with van der Waals surface area (Å²) in [5.41, 5.74) is -1.36. The first-order chi connectivity index (χ1) is 9.05. The number of benzene rings is 1. The molecule has 0 saturated heterocycles. The van der Waals surface area contributed by atoms with E-state index in [1.165, 1.54) is 0 Å². The van der Waals surface area contributed by atoms with Crippen molar-refractivity contribution in [3.8, 4) is 6.07 Å². The summed E-state index contributed by atoms with van der Waals surface area (Å²) in [7, 11) is 0. The molecule has 20 heavy (non-hydrogen) atoms. The van der Waals surface area contributed by atoms with Gasteiger partial charge in [-0.2, -0.15) is 31.6 Å². The molecule has 1 aromatic carbocycles. The van der Waals surface area contributed by atoms with E-state index in [9.17, 15) is 26.3 Å². The largest absolute Gasteiger partial charge is 0.417 e. The monoisotopic (exact) mass is 316 g/mol. The minimum Gasteiger partial charge on any atom is -0.383 e. The minimum absolute atomic E-state index is 0.203. The molecular formula is C11H7ClF6N2. The van der Waals surface area contributed by atoms with Gasteiger partial charge in [-0.25, -0.2) is 0 Å². The molecule has 0 aliphatic carbocycles. The van der Waals surface area contributed by atoms with Crippen molar-refractivity contribution in [3.63, 3.8) is 0 Å². The van der Waals surface area contributed by atoms with Gasteiger partial charge in [0.1, 0.15) is 0 Å². The predicted octanol–water partition coefficient (Wildman–Crippen LogP) is 4.47. The van der Waals surface area contributed by atoms with Gasteiger partial charge in [-0.05, 0) is 18.2 Å². The first-order valence-corrected chi connectivity index (χ1v) is 5.50. The number of nitriles is 1. The van der Waals surface area contributed by atoms with Crippen molar-refractivity contribution >= 4 is 17.3 Å². The second kappa shape index (κ2) is 5.79. The van der Waals surface area contributed by atoms with Gasteiger partial charge in [0.25, 0.3) is 0 Å². The van der Waals surface area contributed by atoms with Gasteiger partial charge in [0.15, 0.2) is 5.92 Å². The summed E-state index contributed by atoms with van der Waals surface area (Å²) >= 11 is 5.36. The number of alkyl halides is 6. The van der Waals surface area contributed by atoms with Crippen LogP contribution in [0.25, 0.3) is 0 Å². The SMILES string of the molecule is N#CC(CNc1ccc(Cl)c(C(F)(F)F)c1)C(F)(F)F. The normalized spacial score (nSPS) is 13.7. The average molecular weight is 317 g/mol. The fourth-order valence-corrected chi connectivity index (χ4v) is 1.53. The summed E-state index contributed by atoms with van der Waals surface area (Å²) in [6.45, 7) is -0.848. The zero-order valence-corrected chi connectivity index (χ0v) is 10.4. The van der Waals surface area contributed by atoms with Crippen molar-refractivity contribution in [2.45, 2.75) is 12.4 Å². The van der Waals surface area contributed by atoms with Gasteiger partial charge < -0.3 is 5.32 Å². The Hall–Kier alpha value is -1.62. The highest BCUT2D eigenvalue weighted by Crippen LogP contribution is 2.36. The summed E-state index contributed by atoms with van der Waals surface area (Å²) in [5.74, 6) is -2.31. The van der Waals surface area contributed by atoms with E-state index < -0.39 is 35.4 Å². The number of nitrogens with zero attached hydrogens (tertiary/aromatic N) is 1. The minimum atomic E-state index is -4.75. The van der Waals surface area contributed by atoms with Crippen LogP contribution in [-0.4, -0.2) is 12.7 Å². The molecule has 1 N–H and O–H groups in total. The van der Waals surface area contributed by atoms with Crippen LogP contribution in [0.15, 0.2) is 18.2 Å². The molecule has 9 heteroatoms. The van der Waals surface area contributed by atoms with Crippen LogP contribution < -0.4 is 5.32 Å². The molecule has 0 bridgehead atoms. The summed E-state index contributed by atoms with van der Waals surface area (Å²) in [4.78, 5) is 0.